The third-order valence-corrected chi connectivity index (χ3v) is 3.84. The molecule has 98 valence electrons. The van der Waals surface area contributed by atoms with Crippen molar-refractivity contribution < 1.29 is 9.53 Å². The van der Waals surface area contributed by atoms with Crippen molar-refractivity contribution in [3.05, 3.63) is 41.5 Å². The molecule has 2 nitrogen and oxygen atoms in total. The smallest absolute Gasteiger partial charge is 0.333 e. The van der Waals surface area contributed by atoms with Gasteiger partial charge in [-0.2, -0.15) is 0 Å². The Morgan fingerprint density at radius 1 is 1.22 bits per heavy atom. The Kier molecular flexibility index (Phi) is 5.35. The average molecular weight is 262 g/mol. The zero-order chi connectivity index (χ0) is 13.6. The van der Waals surface area contributed by atoms with Crippen LogP contribution in [-0.2, 0) is 9.53 Å². The van der Waals surface area contributed by atoms with Crippen molar-refractivity contribution in [3.8, 4) is 0 Å². The summed E-state index contributed by atoms with van der Waals surface area (Å²) in [6.07, 6.45) is 1.95. The zero-order valence-corrected chi connectivity index (χ0v) is 12.7. The Hall–Kier alpha value is -1.35. The van der Waals surface area contributed by atoms with Crippen LogP contribution in [0.1, 0.15) is 12.5 Å². The van der Waals surface area contributed by atoms with Gasteiger partial charge in [0.1, 0.15) is 0 Å². The maximum absolute atomic E-state index is 12.0. The first-order valence-corrected chi connectivity index (χ1v) is 10.1. The highest BCUT2D eigenvalue weighted by atomic mass is 28.3. The maximum atomic E-state index is 12.0. The van der Waals surface area contributed by atoms with Crippen molar-refractivity contribution in [1.82, 2.24) is 0 Å². The van der Waals surface area contributed by atoms with Gasteiger partial charge in [-0.05, 0) is 24.6 Å². The van der Waals surface area contributed by atoms with Gasteiger partial charge in [0.05, 0.1) is 6.61 Å². The van der Waals surface area contributed by atoms with Crippen LogP contribution in [0.5, 0.6) is 0 Å². The second kappa shape index (κ2) is 6.54. The molecule has 1 aromatic rings. The molecule has 18 heavy (non-hydrogen) atoms. The van der Waals surface area contributed by atoms with Crippen molar-refractivity contribution in [2.75, 3.05) is 6.61 Å². The van der Waals surface area contributed by atoms with Crippen molar-refractivity contribution in [2.24, 2.45) is 0 Å². The van der Waals surface area contributed by atoms with E-state index in [1.54, 1.807) is 0 Å². The highest BCUT2D eigenvalue weighted by Crippen LogP contribution is 2.20. The summed E-state index contributed by atoms with van der Waals surface area (Å²) in [6, 6.07) is 10.8. The minimum atomic E-state index is -1.34. The summed E-state index contributed by atoms with van der Waals surface area (Å²) in [5.41, 5.74) is 1.85. The molecule has 0 aliphatic heterocycles. The van der Waals surface area contributed by atoms with E-state index in [1.165, 1.54) is 0 Å². The van der Waals surface area contributed by atoms with Crippen LogP contribution in [0.2, 0.25) is 25.7 Å². The zero-order valence-electron chi connectivity index (χ0n) is 11.7. The molecule has 0 aliphatic rings. The van der Waals surface area contributed by atoms with Crippen LogP contribution >= 0.6 is 0 Å². The monoisotopic (exact) mass is 262 g/mol. The minimum Gasteiger partial charge on any atom is -0.463 e. The number of carbonyl (C=O) groups excluding carboxylic acids is 1. The van der Waals surface area contributed by atoms with Gasteiger partial charge >= 0.3 is 5.97 Å². The van der Waals surface area contributed by atoms with Gasteiger partial charge in [0.25, 0.3) is 0 Å². The number of rotatable bonds is 5. The molecular formula is C15H22O2Si. The molecule has 0 saturated carbocycles. The number of ether oxygens (including phenoxy) is 1. The molecule has 0 saturated heterocycles. The van der Waals surface area contributed by atoms with Gasteiger partial charge in [-0.3, -0.25) is 0 Å². The molecule has 0 atom stereocenters. The van der Waals surface area contributed by atoms with Gasteiger partial charge in [0.2, 0.25) is 0 Å². The molecule has 0 bridgehead atoms. The summed E-state index contributed by atoms with van der Waals surface area (Å²) in [4.78, 5) is 12.0. The predicted octanol–water partition coefficient (Wildman–Crippen LogP) is 3.97. The molecule has 0 fully saturated rings. The van der Waals surface area contributed by atoms with Crippen LogP contribution in [0.3, 0.4) is 0 Å². The largest absolute Gasteiger partial charge is 0.463 e. The van der Waals surface area contributed by atoms with E-state index < -0.39 is 8.07 Å². The summed E-state index contributed by atoms with van der Waals surface area (Å²) in [7, 11) is -1.34. The fourth-order valence-corrected chi connectivity index (χ4v) is 3.12. The van der Waals surface area contributed by atoms with Crippen LogP contribution in [0, 0.1) is 0 Å². The lowest BCUT2D eigenvalue weighted by molar-refractivity contribution is -0.138. The van der Waals surface area contributed by atoms with E-state index in [0.29, 0.717) is 6.61 Å². The number of hydrogen-bond acceptors (Lipinski definition) is 2. The third-order valence-electron chi connectivity index (χ3n) is 2.40. The maximum Gasteiger partial charge on any atom is 0.333 e. The fourth-order valence-electron chi connectivity index (χ4n) is 1.73. The molecular weight excluding hydrogens is 240 g/mol. The van der Waals surface area contributed by atoms with E-state index in [4.69, 9.17) is 4.74 Å². The number of carbonyl (C=O) groups is 1. The second-order valence-electron chi connectivity index (χ2n) is 5.54. The third kappa shape index (κ3) is 5.32. The molecule has 0 spiro atoms. The molecule has 3 heteroatoms. The van der Waals surface area contributed by atoms with E-state index in [1.807, 2.05) is 43.3 Å². The number of hydrogen-bond donors (Lipinski definition) is 0. The lowest BCUT2D eigenvalue weighted by atomic mass is 10.1. The molecule has 0 unspecified atom stereocenters. The molecule has 1 rings (SSSR count). The lowest BCUT2D eigenvalue weighted by Crippen LogP contribution is -2.23. The standard InChI is InChI=1S/C15H22O2Si/c1-5-17-15(16)14(12-18(2,3)4)11-13-9-7-6-8-10-13/h6-11H,5,12H2,1-4H3/b14-11-. The molecule has 0 N–H and O–H groups in total. The Labute approximate surface area is 111 Å². The summed E-state index contributed by atoms with van der Waals surface area (Å²) in [6.45, 7) is 9.03. The van der Waals surface area contributed by atoms with Crippen LogP contribution in [0.25, 0.3) is 6.08 Å². The number of esters is 1. The Morgan fingerprint density at radius 2 is 1.83 bits per heavy atom. The Morgan fingerprint density at radius 3 is 2.33 bits per heavy atom. The van der Waals surface area contributed by atoms with Crippen molar-refractivity contribution >= 4 is 20.1 Å². The van der Waals surface area contributed by atoms with Crippen LogP contribution in [-0.4, -0.2) is 20.7 Å². The molecule has 0 heterocycles. The Balaban J connectivity index is 2.97. The van der Waals surface area contributed by atoms with Crippen LogP contribution in [0.4, 0.5) is 0 Å². The average Bonchev–Trinajstić information content (AvgIpc) is 2.28. The van der Waals surface area contributed by atoms with Gasteiger partial charge in [0, 0.05) is 13.6 Å². The van der Waals surface area contributed by atoms with E-state index in [-0.39, 0.29) is 5.97 Å². The molecule has 1 aromatic carbocycles. The van der Waals surface area contributed by atoms with E-state index >= 15 is 0 Å². The van der Waals surface area contributed by atoms with Crippen LogP contribution < -0.4 is 0 Å². The summed E-state index contributed by atoms with van der Waals surface area (Å²) in [5, 5.41) is 0. The van der Waals surface area contributed by atoms with Crippen molar-refractivity contribution in [2.45, 2.75) is 32.6 Å². The van der Waals surface area contributed by atoms with Gasteiger partial charge in [-0.1, -0.05) is 50.0 Å². The second-order valence-corrected chi connectivity index (χ2v) is 11.0. The van der Waals surface area contributed by atoms with Gasteiger partial charge in [-0.25, -0.2) is 4.79 Å². The molecule has 0 aliphatic carbocycles. The van der Waals surface area contributed by atoms with Gasteiger partial charge in [-0.15, -0.1) is 0 Å². The molecule has 0 radical (unpaired) electrons. The summed E-state index contributed by atoms with van der Waals surface area (Å²) in [5.74, 6) is -0.177. The molecule has 0 aromatic heterocycles. The fraction of sp³-hybridized carbons (Fsp3) is 0.400. The summed E-state index contributed by atoms with van der Waals surface area (Å²) < 4.78 is 5.14. The van der Waals surface area contributed by atoms with Crippen molar-refractivity contribution in [1.29, 1.82) is 0 Å². The normalized spacial score (nSPS) is 12.3. The first-order chi connectivity index (χ1) is 8.42. The molecule has 0 amide bonds. The quantitative estimate of drug-likeness (QED) is 0.456. The first-order valence-electron chi connectivity index (χ1n) is 6.35. The highest BCUT2D eigenvalue weighted by molar-refractivity contribution is 6.77. The summed E-state index contributed by atoms with van der Waals surface area (Å²) >= 11 is 0. The van der Waals surface area contributed by atoms with Gasteiger partial charge < -0.3 is 4.74 Å². The van der Waals surface area contributed by atoms with E-state index in [2.05, 4.69) is 19.6 Å². The van der Waals surface area contributed by atoms with Gasteiger partial charge in [0.15, 0.2) is 0 Å². The highest BCUT2D eigenvalue weighted by Gasteiger charge is 2.20. The number of benzene rings is 1. The SMILES string of the molecule is CCOC(=O)/C(=C\c1ccccc1)C[Si](C)(C)C. The Bertz CT molecular complexity index is 416. The lowest BCUT2D eigenvalue weighted by Gasteiger charge is -2.17. The van der Waals surface area contributed by atoms with Crippen LogP contribution in [0.15, 0.2) is 35.9 Å². The van der Waals surface area contributed by atoms with E-state index in [0.717, 1.165) is 17.2 Å². The van der Waals surface area contributed by atoms with Crippen molar-refractivity contribution in [3.63, 3.8) is 0 Å². The first kappa shape index (κ1) is 14.7. The predicted molar refractivity (Wildman–Crippen MR) is 79.2 cm³/mol. The minimum absolute atomic E-state index is 0.177. The topological polar surface area (TPSA) is 26.3 Å². The van der Waals surface area contributed by atoms with E-state index in [9.17, 15) is 4.79 Å².